The molecule has 0 heterocycles. The van der Waals surface area contributed by atoms with Crippen molar-refractivity contribution in [2.24, 2.45) is 0 Å². The lowest BCUT2D eigenvalue weighted by Crippen LogP contribution is -2.43. The Kier molecular flexibility index (Phi) is 3.41. The summed E-state index contributed by atoms with van der Waals surface area (Å²) in [6.07, 6.45) is 0. The van der Waals surface area contributed by atoms with Gasteiger partial charge in [-0.25, -0.2) is 0 Å². The van der Waals surface area contributed by atoms with Crippen LogP contribution in [0.4, 0.5) is 4.11 Å². The summed E-state index contributed by atoms with van der Waals surface area (Å²) in [5, 5.41) is 3.08. The molecule has 0 N–H and O–H groups in total. The maximum atomic E-state index is 15.4. The molecule has 3 rings (SSSR count). The molecule has 0 unspecified atom stereocenters. The molecule has 2 heteroatoms. The van der Waals surface area contributed by atoms with E-state index < -0.39 is 8.41 Å². The van der Waals surface area contributed by atoms with E-state index in [0.29, 0.717) is 6.04 Å². The highest BCUT2D eigenvalue weighted by molar-refractivity contribution is 6.86. The monoisotopic (exact) mass is 280 g/mol. The van der Waals surface area contributed by atoms with Crippen LogP contribution in [0.3, 0.4) is 0 Å². The molecular formula is C18H17FSi. The van der Waals surface area contributed by atoms with E-state index in [9.17, 15) is 0 Å². The summed E-state index contributed by atoms with van der Waals surface area (Å²) >= 11 is 0. The minimum absolute atomic E-state index is 0.530. The largest absolute Gasteiger partial charge is 0.308 e. The van der Waals surface area contributed by atoms with Gasteiger partial charge in [0.05, 0.1) is 0 Å². The van der Waals surface area contributed by atoms with Gasteiger partial charge in [0.2, 0.25) is 0 Å². The fourth-order valence-corrected chi connectivity index (χ4v) is 5.18. The predicted molar refractivity (Wildman–Crippen MR) is 86.5 cm³/mol. The number of halogens is 1. The molecule has 20 heavy (non-hydrogen) atoms. The molecule has 3 aromatic carbocycles. The minimum atomic E-state index is -2.98. The molecule has 3 aromatic rings. The number of rotatable bonds is 3. The van der Waals surface area contributed by atoms with Crippen molar-refractivity contribution < 1.29 is 4.11 Å². The van der Waals surface area contributed by atoms with Crippen LogP contribution in [-0.2, 0) is 6.04 Å². The SMILES string of the molecule is C[Si@](F)(Cc1ccccc1)c1cccc2ccccc12. The maximum Gasteiger partial charge on any atom is 0.279 e. The molecule has 0 aliphatic carbocycles. The number of fused-ring (bicyclic) bond motifs is 1. The topological polar surface area (TPSA) is 0 Å². The first-order valence-corrected chi connectivity index (χ1v) is 9.46. The van der Waals surface area contributed by atoms with Crippen LogP contribution in [0, 0.1) is 0 Å². The Bertz CT molecular complexity index is 714. The summed E-state index contributed by atoms with van der Waals surface area (Å²) in [6.45, 7) is 1.81. The van der Waals surface area contributed by atoms with Gasteiger partial charge in [-0.1, -0.05) is 72.8 Å². The van der Waals surface area contributed by atoms with Crippen LogP contribution in [0.1, 0.15) is 5.56 Å². The third kappa shape index (κ3) is 2.52. The molecule has 0 saturated carbocycles. The summed E-state index contributed by atoms with van der Waals surface area (Å²) in [7, 11) is -2.98. The molecule has 0 bridgehead atoms. The molecule has 1 atom stereocenters. The summed E-state index contributed by atoms with van der Waals surface area (Å²) in [5.41, 5.74) is 1.08. The zero-order valence-electron chi connectivity index (χ0n) is 11.5. The molecule has 0 spiro atoms. The van der Waals surface area contributed by atoms with Gasteiger partial charge >= 0.3 is 0 Å². The average molecular weight is 280 g/mol. The van der Waals surface area contributed by atoms with Crippen molar-refractivity contribution in [3.8, 4) is 0 Å². The van der Waals surface area contributed by atoms with Gasteiger partial charge in [-0.15, -0.1) is 0 Å². The van der Waals surface area contributed by atoms with E-state index in [1.54, 1.807) is 0 Å². The first-order chi connectivity index (χ1) is 9.67. The number of benzene rings is 3. The first kappa shape index (κ1) is 13.1. The van der Waals surface area contributed by atoms with Crippen molar-refractivity contribution in [2.45, 2.75) is 12.6 Å². The fourth-order valence-electron chi connectivity index (χ4n) is 2.75. The van der Waals surface area contributed by atoms with Crippen molar-refractivity contribution in [1.82, 2.24) is 0 Å². The third-order valence-electron chi connectivity index (χ3n) is 3.73. The highest BCUT2D eigenvalue weighted by atomic mass is 28.4. The van der Waals surface area contributed by atoms with Gasteiger partial charge < -0.3 is 4.11 Å². The van der Waals surface area contributed by atoms with E-state index in [4.69, 9.17) is 0 Å². The van der Waals surface area contributed by atoms with Crippen molar-refractivity contribution in [1.29, 1.82) is 0 Å². The van der Waals surface area contributed by atoms with Gasteiger partial charge in [0.1, 0.15) is 0 Å². The van der Waals surface area contributed by atoms with Gasteiger partial charge in [-0.2, -0.15) is 0 Å². The maximum absolute atomic E-state index is 15.4. The van der Waals surface area contributed by atoms with E-state index in [1.807, 2.05) is 79.3 Å². The van der Waals surface area contributed by atoms with E-state index in [-0.39, 0.29) is 0 Å². The van der Waals surface area contributed by atoms with Crippen LogP contribution >= 0.6 is 0 Å². The summed E-state index contributed by atoms with van der Waals surface area (Å²) in [4.78, 5) is 0. The Labute approximate surface area is 120 Å². The van der Waals surface area contributed by atoms with E-state index in [1.165, 1.54) is 0 Å². The Hall–Kier alpha value is -1.93. The lowest BCUT2D eigenvalue weighted by atomic mass is 10.1. The lowest BCUT2D eigenvalue weighted by molar-refractivity contribution is 0.800. The van der Waals surface area contributed by atoms with Crippen LogP contribution in [0.2, 0.25) is 6.55 Å². The van der Waals surface area contributed by atoms with E-state index >= 15 is 4.11 Å². The second kappa shape index (κ2) is 5.21. The second-order valence-electron chi connectivity index (χ2n) is 5.39. The van der Waals surface area contributed by atoms with Gasteiger partial charge in [-0.3, -0.25) is 0 Å². The van der Waals surface area contributed by atoms with Gasteiger partial charge in [0.15, 0.2) is 0 Å². The number of hydrogen-bond donors (Lipinski definition) is 0. The first-order valence-electron chi connectivity index (χ1n) is 6.88. The summed E-state index contributed by atoms with van der Waals surface area (Å²) in [6, 6.07) is 24.5. The smallest absolute Gasteiger partial charge is 0.279 e. The Morgan fingerprint density at radius 2 is 1.45 bits per heavy atom. The molecule has 0 amide bonds. The van der Waals surface area contributed by atoms with Gasteiger partial charge in [0.25, 0.3) is 8.41 Å². The van der Waals surface area contributed by atoms with Crippen LogP contribution in [0.5, 0.6) is 0 Å². The fraction of sp³-hybridized carbons (Fsp3) is 0.111. The van der Waals surface area contributed by atoms with E-state index in [2.05, 4.69) is 0 Å². The van der Waals surface area contributed by atoms with Crippen LogP contribution < -0.4 is 5.19 Å². The van der Waals surface area contributed by atoms with Crippen LogP contribution in [0.25, 0.3) is 10.8 Å². The standard InChI is InChI=1S/C18H17FSi/c1-20(19,14-15-8-3-2-4-9-15)18-13-7-11-16-10-5-6-12-17(16)18/h2-13H,14H2,1H3/t20-/m0/s1. The van der Waals surface area contributed by atoms with Gasteiger partial charge in [0, 0.05) is 0 Å². The molecule has 100 valence electrons. The highest BCUT2D eigenvalue weighted by Crippen LogP contribution is 2.19. The van der Waals surface area contributed by atoms with E-state index in [0.717, 1.165) is 21.5 Å². The normalized spacial score (nSPS) is 14.1. The molecule has 0 aromatic heterocycles. The highest BCUT2D eigenvalue weighted by Gasteiger charge is 2.32. The minimum Gasteiger partial charge on any atom is -0.308 e. The zero-order chi connectivity index (χ0) is 14.0. The summed E-state index contributed by atoms with van der Waals surface area (Å²) < 4.78 is 15.4. The molecular weight excluding hydrogens is 263 g/mol. The Balaban J connectivity index is 2.05. The van der Waals surface area contributed by atoms with Gasteiger partial charge in [-0.05, 0) is 34.1 Å². The Morgan fingerprint density at radius 1 is 0.800 bits per heavy atom. The molecule has 0 aliphatic rings. The molecule has 0 aliphatic heterocycles. The van der Waals surface area contributed by atoms with Crippen molar-refractivity contribution in [3.05, 3.63) is 78.4 Å². The third-order valence-corrected chi connectivity index (χ3v) is 6.36. The zero-order valence-corrected chi connectivity index (χ0v) is 12.5. The molecule has 0 fully saturated rings. The Morgan fingerprint density at radius 3 is 2.25 bits per heavy atom. The van der Waals surface area contributed by atoms with Crippen LogP contribution in [0.15, 0.2) is 72.8 Å². The lowest BCUT2D eigenvalue weighted by Gasteiger charge is -2.20. The molecule has 0 saturated heterocycles. The predicted octanol–water partition coefficient (Wildman–Crippen LogP) is 4.37. The van der Waals surface area contributed by atoms with Crippen LogP contribution in [-0.4, -0.2) is 8.41 Å². The summed E-state index contributed by atoms with van der Waals surface area (Å²) in [5.74, 6) is 0. The van der Waals surface area contributed by atoms with Crippen molar-refractivity contribution in [3.63, 3.8) is 0 Å². The average Bonchev–Trinajstić information content (AvgIpc) is 2.47. The number of hydrogen-bond acceptors (Lipinski definition) is 0. The molecule has 0 radical (unpaired) electrons. The van der Waals surface area contributed by atoms with Crippen molar-refractivity contribution in [2.75, 3.05) is 0 Å². The second-order valence-corrected chi connectivity index (χ2v) is 8.67. The van der Waals surface area contributed by atoms with Crippen molar-refractivity contribution >= 4 is 24.4 Å². The quantitative estimate of drug-likeness (QED) is 0.493. The molecule has 0 nitrogen and oxygen atoms in total.